The van der Waals surface area contributed by atoms with Crippen LogP contribution < -0.4 is 4.90 Å². The van der Waals surface area contributed by atoms with Crippen LogP contribution in [-0.2, 0) is 9.59 Å². The van der Waals surface area contributed by atoms with Crippen LogP contribution in [0.15, 0.2) is 24.4 Å². The third kappa shape index (κ3) is 4.95. The summed E-state index contributed by atoms with van der Waals surface area (Å²) in [7, 11) is 1.66. The lowest BCUT2D eigenvalue weighted by atomic mass is 10.2. The van der Waals surface area contributed by atoms with Crippen LogP contribution in [0, 0.1) is 11.3 Å². The molecule has 1 fully saturated rings. The van der Waals surface area contributed by atoms with Crippen LogP contribution in [0.1, 0.15) is 19.3 Å². The Morgan fingerprint density at radius 1 is 1.25 bits per heavy atom. The third-order valence-corrected chi connectivity index (χ3v) is 4.14. The molecule has 0 saturated carbocycles. The molecule has 2 rings (SSSR count). The van der Waals surface area contributed by atoms with Crippen molar-refractivity contribution in [3.05, 3.63) is 24.4 Å². The van der Waals surface area contributed by atoms with E-state index >= 15 is 0 Å². The van der Waals surface area contributed by atoms with Crippen molar-refractivity contribution in [2.45, 2.75) is 19.3 Å². The first-order valence-corrected chi connectivity index (χ1v) is 8.16. The van der Waals surface area contributed by atoms with Gasteiger partial charge in [0.1, 0.15) is 5.82 Å². The van der Waals surface area contributed by atoms with E-state index in [1.54, 1.807) is 13.2 Å². The van der Waals surface area contributed by atoms with Gasteiger partial charge in [0.05, 0.1) is 12.5 Å². The summed E-state index contributed by atoms with van der Waals surface area (Å²) in [6.45, 7) is 3.20. The minimum Gasteiger partial charge on any atom is -0.353 e. The van der Waals surface area contributed by atoms with Gasteiger partial charge < -0.3 is 14.7 Å². The molecule has 2 heterocycles. The molecule has 128 valence electrons. The molecule has 0 aromatic carbocycles. The van der Waals surface area contributed by atoms with Gasteiger partial charge in [-0.2, -0.15) is 5.26 Å². The lowest BCUT2D eigenvalue weighted by molar-refractivity contribution is -0.136. The second-order valence-corrected chi connectivity index (χ2v) is 5.78. The zero-order chi connectivity index (χ0) is 17.4. The molecule has 0 radical (unpaired) electrons. The third-order valence-electron chi connectivity index (χ3n) is 4.14. The van der Waals surface area contributed by atoms with E-state index in [1.807, 2.05) is 29.2 Å². The first kappa shape index (κ1) is 17.7. The monoisotopic (exact) mass is 329 g/mol. The van der Waals surface area contributed by atoms with Gasteiger partial charge in [-0.15, -0.1) is 0 Å². The van der Waals surface area contributed by atoms with Gasteiger partial charge in [0.15, 0.2) is 0 Å². The summed E-state index contributed by atoms with van der Waals surface area (Å²) < 4.78 is 0. The zero-order valence-electron chi connectivity index (χ0n) is 14.0. The van der Waals surface area contributed by atoms with Crippen molar-refractivity contribution in [3.63, 3.8) is 0 Å². The van der Waals surface area contributed by atoms with E-state index in [-0.39, 0.29) is 24.7 Å². The van der Waals surface area contributed by atoms with Crippen LogP contribution in [0.5, 0.6) is 0 Å². The number of hydrogen-bond donors (Lipinski definition) is 0. The van der Waals surface area contributed by atoms with Crippen LogP contribution in [0.2, 0.25) is 0 Å². The van der Waals surface area contributed by atoms with Crippen molar-refractivity contribution in [2.24, 2.45) is 0 Å². The van der Waals surface area contributed by atoms with Crippen LogP contribution in [-0.4, -0.2) is 66.4 Å². The molecular weight excluding hydrogens is 306 g/mol. The van der Waals surface area contributed by atoms with E-state index in [9.17, 15) is 9.59 Å². The Morgan fingerprint density at radius 2 is 2.00 bits per heavy atom. The Morgan fingerprint density at radius 3 is 2.62 bits per heavy atom. The maximum absolute atomic E-state index is 12.3. The molecule has 0 spiro atoms. The quantitative estimate of drug-likeness (QED) is 0.774. The second kappa shape index (κ2) is 8.87. The first-order valence-electron chi connectivity index (χ1n) is 8.16. The molecule has 1 aromatic rings. The Kier molecular flexibility index (Phi) is 6.55. The predicted molar refractivity (Wildman–Crippen MR) is 90.1 cm³/mol. The summed E-state index contributed by atoms with van der Waals surface area (Å²) in [5.74, 6) is 0.849. The Hall–Kier alpha value is -2.62. The highest BCUT2D eigenvalue weighted by atomic mass is 16.2. The molecule has 1 aromatic heterocycles. The van der Waals surface area contributed by atoms with Gasteiger partial charge in [-0.3, -0.25) is 9.59 Å². The smallest absolute Gasteiger partial charge is 0.223 e. The van der Waals surface area contributed by atoms with Crippen molar-refractivity contribution in [3.8, 4) is 6.07 Å². The average molecular weight is 329 g/mol. The van der Waals surface area contributed by atoms with Gasteiger partial charge in [0.25, 0.3) is 0 Å². The minimum absolute atomic E-state index is 0.0118. The lowest BCUT2D eigenvalue weighted by Gasteiger charge is -2.35. The molecule has 7 heteroatoms. The first-order chi connectivity index (χ1) is 11.6. The largest absolute Gasteiger partial charge is 0.353 e. The molecule has 7 nitrogen and oxygen atoms in total. The van der Waals surface area contributed by atoms with E-state index in [4.69, 9.17) is 5.26 Å². The molecule has 0 aliphatic carbocycles. The van der Waals surface area contributed by atoms with Crippen molar-refractivity contribution in [2.75, 3.05) is 44.7 Å². The highest BCUT2D eigenvalue weighted by Crippen LogP contribution is 2.13. The molecule has 1 aliphatic rings. The number of anilines is 1. The van der Waals surface area contributed by atoms with Crippen LogP contribution in [0.3, 0.4) is 0 Å². The van der Waals surface area contributed by atoms with Gasteiger partial charge >= 0.3 is 0 Å². The van der Waals surface area contributed by atoms with Crippen LogP contribution >= 0.6 is 0 Å². The number of aromatic nitrogens is 1. The highest BCUT2D eigenvalue weighted by molar-refractivity contribution is 5.83. The second-order valence-electron chi connectivity index (χ2n) is 5.78. The SMILES string of the molecule is CN(CCC#N)C(=O)CCC(=O)N1CCN(c2ccccn2)CC1. The number of carbonyl (C=O) groups excluding carboxylic acids is 2. The number of pyridine rings is 1. The molecule has 1 aliphatic heterocycles. The standard InChI is InChI=1S/C17H23N5O2/c1-20(10-4-8-18)16(23)6-7-17(24)22-13-11-21(12-14-22)15-5-2-3-9-19-15/h2-3,5,9H,4,6-7,10-14H2,1H3. The summed E-state index contributed by atoms with van der Waals surface area (Å²) in [4.78, 5) is 34.0. The molecule has 0 bridgehead atoms. The number of nitriles is 1. The molecule has 0 unspecified atom stereocenters. The number of rotatable bonds is 6. The molecule has 0 N–H and O–H groups in total. The maximum Gasteiger partial charge on any atom is 0.223 e. The Bertz CT molecular complexity index is 591. The van der Waals surface area contributed by atoms with Crippen molar-refractivity contribution < 1.29 is 9.59 Å². The van der Waals surface area contributed by atoms with Gasteiger partial charge in [0, 0.05) is 58.8 Å². The number of piperazine rings is 1. The van der Waals surface area contributed by atoms with Gasteiger partial charge in [-0.1, -0.05) is 6.07 Å². The summed E-state index contributed by atoms with van der Waals surface area (Å²) >= 11 is 0. The Labute approximate surface area is 142 Å². The van der Waals surface area contributed by atoms with E-state index in [0.717, 1.165) is 18.9 Å². The molecule has 2 amide bonds. The summed E-state index contributed by atoms with van der Waals surface area (Å²) in [5, 5.41) is 8.53. The average Bonchev–Trinajstić information content (AvgIpc) is 2.64. The van der Waals surface area contributed by atoms with Gasteiger partial charge in [0.2, 0.25) is 11.8 Å². The van der Waals surface area contributed by atoms with E-state index in [2.05, 4.69) is 9.88 Å². The van der Waals surface area contributed by atoms with Crippen LogP contribution in [0.25, 0.3) is 0 Å². The van der Waals surface area contributed by atoms with Crippen molar-refractivity contribution in [1.29, 1.82) is 5.26 Å². The van der Waals surface area contributed by atoms with E-state index in [0.29, 0.717) is 26.1 Å². The molecule has 0 atom stereocenters. The number of hydrogen-bond acceptors (Lipinski definition) is 5. The fourth-order valence-corrected chi connectivity index (χ4v) is 2.63. The molecule has 1 saturated heterocycles. The van der Waals surface area contributed by atoms with Crippen molar-refractivity contribution in [1.82, 2.24) is 14.8 Å². The van der Waals surface area contributed by atoms with Crippen LogP contribution in [0.4, 0.5) is 5.82 Å². The molecular formula is C17H23N5O2. The van der Waals surface area contributed by atoms with E-state index < -0.39 is 0 Å². The van der Waals surface area contributed by atoms with Gasteiger partial charge in [-0.05, 0) is 12.1 Å². The normalized spacial score (nSPS) is 14.2. The molecule has 24 heavy (non-hydrogen) atoms. The zero-order valence-corrected chi connectivity index (χ0v) is 14.0. The number of carbonyl (C=O) groups is 2. The van der Waals surface area contributed by atoms with E-state index in [1.165, 1.54) is 4.90 Å². The number of amides is 2. The predicted octanol–water partition coefficient (Wildman–Crippen LogP) is 0.882. The Balaban J connectivity index is 1.73. The summed E-state index contributed by atoms with van der Waals surface area (Å²) in [6.07, 6.45) is 2.49. The highest BCUT2D eigenvalue weighted by Gasteiger charge is 2.22. The lowest BCUT2D eigenvalue weighted by Crippen LogP contribution is -2.49. The summed E-state index contributed by atoms with van der Waals surface area (Å²) in [6, 6.07) is 7.81. The van der Waals surface area contributed by atoms with Gasteiger partial charge in [-0.25, -0.2) is 4.98 Å². The fraction of sp³-hybridized carbons (Fsp3) is 0.529. The number of nitrogens with zero attached hydrogens (tertiary/aromatic N) is 5. The summed E-state index contributed by atoms with van der Waals surface area (Å²) in [5.41, 5.74) is 0. The maximum atomic E-state index is 12.3. The topological polar surface area (TPSA) is 80.5 Å². The van der Waals surface area contributed by atoms with Crippen molar-refractivity contribution >= 4 is 17.6 Å². The minimum atomic E-state index is -0.0919. The fourth-order valence-electron chi connectivity index (χ4n) is 2.63.